The fraction of sp³-hybridized carbons (Fsp3) is 0.600. The number of hydrogen-bond donors (Lipinski definition) is 1. The predicted molar refractivity (Wildman–Crippen MR) is 82.8 cm³/mol. The Balaban J connectivity index is 1.89. The van der Waals surface area contributed by atoms with Gasteiger partial charge < -0.3 is 15.5 Å². The van der Waals surface area contributed by atoms with Crippen LogP contribution in [0.15, 0.2) is 18.2 Å². The molecule has 2 rings (SSSR count). The Bertz CT molecular complexity index is 388. The summed E-state index contributed by atoms with van der Waals surface area (Å²) >= 11 is 0. The quantitative estimate of drug-likeness (QED) is 0.829. The summed E-state index contributed by atoms with van der Waals surface area (Å²) in [7, 11) is 4.26. The van der Waals surface area contributed by atoms with Gasteiger partial charge in [0, 0.05) is 50.6 Å². The molecule has 1 aromatic rings. The average Bonchev–Trinajstić information content (AvgIpc) is 2.36. The second-order valence-corrected chi connectivity index (χ2v) is 5.73. The SMILES string of the molecule is Cc1cc(N)cc(N2CCN(CCN(C)C)CC2)c1. The molecule has 0 amide bonds. The molecule has 1 fully saturated rings. The predicted octanol–water partition coefficient (Wildman–Crippen LogP) is 1.26. The van der Waals surface area contributed by atoms with Gasteiger partial charge in [-0.2, -0.15) is 0 Å². The number of aryl methyl sites for hydroxylation is 1. The summed E-state index contributed by atoms with van der Waals surface area (Å²) in [6.45, 7) is 8.87. The minimum Gasteiger partial charge on any atom is -0.399 e. The minimum atomic E-state index is 0.866. The van der Waals surface area contributed by atoms with Crippen molar-refractivity contribution in [1.82, 2.24) is 9.80 Å². The molecule has 106 valence electrons. The Morgan fingerprint density at radius 3 is 2.37 bits per heavy atom. The van der Waals surface area contributed by atoms with Gasteiger partial charge in [-0.1, -0.05) is 0 Å². The number of nitrogen functional groups attached to an aromatic ring is 1. The van der Waals surface area contributed by atoms with E-state index in [4.69, 9.17) is 5.73 Å². The Morgan fingerprint density at radius 1 is 1.11 bits per heavy atom. The van der Waals surface area contributed by atoms with E-state index in [0.29, 0.717) is 0 Å². The van der Waals surface area contributed by atoms with Crippen molar-refractivity contribution in [2.75, 3.05) is 64.0 Å². The van der Waals surface area contributed by atoms with Crippen molar-refractivity contribution in [2.24, 2.45) is 0 Å². The van der Waals surface area contributed by atoms with Crippen molar-refractivity contribution < 1.29 is 0 Å². The zero-order valence-electron chi connectivity index (χ0n) is 12.4. The summed E-state index contributed by atoms with van der Waals surface area (Å²) < 4.78 is 0. The molecular weight excluding hydrogens is 236 g/mol. The highest BCUT2D eigenvalue weighted by atomic mass is 15.3. The first-order valence-electron chi connectivity index (χ1n) is 7.04. The van der Waals surface area contributed by atoms with E-state index in [1.165, 1.54) is 11.3 Å². The maximum atomic E-state index is 5.93. The van der Waals surface area contributed by atoms with E-state index in [-0.39, 0.29) is 0 Å². The van der Waals surface area contributed by atoms with Crippen LogP contribution in [0.1, 0.15) is 5.56 Å². The third kappa shape index (κ3) is 4.11. The third-order valence-corrected chi connectivity index (χ3v) is 3.69. The first-order chi connectivity index (χ1) is 9.04. The topological polar surface area (TPSA) is 35.7 Å². The van der Waals surface area contributed by atoms with Gasteiger partial charge in [0.2, 0.25) is 0 Å². The molecule has 0 spiro atoms. The Labute approximate surface area is 116 Å². The maximum absolute atomic E-state index is 5.93. The molecular formula is C15H26N4. The number of likely N-dealkylation sites (N-methyl/N-ethyl adjacent to an activating group) is 1. The summed E-state index contributed by atoms with van der Waals surface area (Å²) in [5, 5.41) is 0. The lowest BCUT2D eigenvalue weighted by Crippen LogP contribution is -2.48. The van der Waals surface area contributed by atoms with E-state index in [1.54, 1.807) is 0 Å². The lowest BCUT2D eigenvalue weighted by atomic mass is 10.1. The van der Waals surface area contributed by atoms with Gasteiger partial charge in [-0.15, -0.1) is 0 Å². The van der Waals surface area contributed by atoms with Crippen molar-refractivity contribution in [3.8, 4) is 0 Å². The molecule has 0 saturated carbocycles. The van der Waals surface area contributed by atoms with Crippen LogP contribution in [0.3, 0.4) is 0 Å². The molecule has 0 unspecified atom stereocenters. The van der Waals surface area contributed by atoms with Gasteiger partial charge in [-0.3, -0.25) is 4.90 Å². The summed E-state index contributed by atoms with van der Waals surface area (Å²) in [5.74, 6) is 0. The molecule has 1 saturated heterocycles. The first-order valence-corrected chi connectivity index (χ1v) is 7.04. The molecule has 4 heteroatoms. The van der Waals surface area contributed by atoms with E-state index < -0.39 is 0 Å². The van der Waals surface area contributed by atoms with Crippen LogP contribution in [0, 0.1) is 6.92 Å². The summed E-state index contributed by atoms with van der Waals surface area (Å²) in [6.07, 6.45) is 0. The standard InChI is InChI=1S/C15H26N4/c1-13-10-14(16)12-15(11-13)19-8-6-18(7-9-19)5-4-17(2)3/h10-12H,4-9,16H2,1-3H3. The van der Waals surface area contributed by atoms with E-state index in [2.05, 4.69) is 47.9 Å². The van der Waals surface area contributed by atoms with E-state index in [1.807, 2.05) is 6.07 Å². The third-order valence-electron chi connectivity index (χ3n) is 3.69. The number of piperazine rings is 1. The number of hydrogen-bond acceptors (Lipinski definition) is 4. The van der Waals surface area contributed by atoms with E-state index in [0.717, 1.165) is 45.0 Å². The van der Waals surface area contributed by atoms with Gasteiger partial charge in [0.15, 0.2) is 0 Å². The zero-order chi connectivity index (χ0) is 13.8. The van der Waals surface area contributed by atoms with Crippen molar-refractivity contribution in [2.45, 2.75) is 6.92 Å². The van der Waals surface area contributed by atoms with Crippen molar-refractivity contribution in [3.63, 3.8) is 0 Å². The largest absolute Gasteiger partial charge is 0.399 e. The lowest BCUT2D eigenvalue weighted by Gasteiger charge is -2.36. The van der Waals surface area contributed by atoms with Crippen LogP contribution >= 0.6 is 0 Å². The van der Waals surface area contributed by atoms with Crippen LogP contribution in [0.4, 0.5) is 11.4 Å². The van der Waals surface area contributed by atoms with Crippen LogP contribution in [-0.2, 0) is 0 Å². The maximum Gasteiger partial charge on any atom is 0.0390 e. The number of rotatable bonds is 4. The molecule has 1 aromatic carbocycles. The molecule has 1 aliphatic rings. The Hall–Kier alpha value is -1.26. The van der Waals surface area contributed by atoms with Crippen LogP contribution in [0.25, 0.3) is 0 Å². The van der Waals surface area contributed by atoms with Crippen LogP contribution in [-0.4, -0.2) is 63.2 Å². The van der Waals surface area contributed by atoms with Crippen LogP contribution in [0.2, 0.25) is 0 Å². The van der Waals surface area contributed by atoms with Crippen LogP contribution in [0.5, 0.6) is 0 Å². The van der Waals surface area contributed by atoms with Gasteiger partial charge in [0.1, 0.15) is 0 Å². The molecule has 0 radical (unpaired) electrons. The van der Waals surface area contributed by atoms with Gasteiger partial charge in [0.05, 0.1) is 0 Å². The number of nitrogens with two attached hydrogens (primary N) is 1. The second kappa shape index (κ2) is 6.26. The molecule has 19 heavy (non-hydrogen) atoms. The van der Waals surface area contributed by atoms with E-state index in [9.17, 15) is 0 Å². The molecule has 0 aromatic heterocycles. The minimum absolute atomic E-state index is 0.866. The molecule has 0 atom stereocenters. The van der Waals surface area contributed by atoms with Crippen LogP contribution < -0.4 is 10.6 Å². The fourth-order valence-corrected chi connectivity index (χ4v) is 2.55. The lowest BCUT2D eigenvalue weighted by molar-refractivity contribution is 0.229. The first kappa shape index (κ1) is 14.2. The van der Waals surface area contributed by atoms with E-state index >= 15 is 0 Å². The number of anilines is 2. The van der Waals surface area contributed by atoms with Gasteiger partial charge in [-0.05, 0) is 44.8 Å². The monoisotopic (exact) mass is 262 g/mol. The summed E-state index contributed by atoms with van der Waals surface area (Å²) in [6, 6.07) is 6.34. The zero-order valence-corrected chi connectivity index (χ0v) is 12.4. The average molecular weight is 262 g/mol. The van der Waals surface area contributed by atoms with Crippen molar-refractivity contribution in [3.05, 3.63) is 23.8 Å². The Morgan fingerprint density at radius 2 is 1.79 bits per heavy atom. The molecule has 1 heterocycles. The van der Waals surface area contributed by atoms with Gasteiger partial charge in [-0.25, -0.2) is 0 Å². The van der Waals surface area contributed by atoms with Gasteiger partial charge >= 0.3 is 0 Å². The van der Waals surface area contributed by atoms with Crippen molar-refractivity contribution in [1.29, 1.82) is 0 Å². The van der Waals surface area contributed by atoms with Crippen molar-refractivity contribution >= 4 is 11.4 Å². The molecule has 1 aliphatic heterocycles. The smallest absolute Gasteiger partial charge is 0.0390 e. The summed E-state index contributed by atoms with van der Waals surface area (Å²) in [5.41, 5.74) is 9.31. The summed E-state index contributed by atoms with van der Waals surface area (Å²) in [4.78, 5) is 7.22. The number of benzene rings is 1. The Kier molecular flexibility index (Phi) is 4.66. The molecule has 2 N–H and O–H groups in total. The number of nitrogens with zero attached hydrogens (tertiary/aromatic N) is 3. The highest BCUT2D eigenvalue weighted by Crippen LogP contribution is 2.21. The highest BCUT2D eigenvalue weighted by molar-refractivity contribution is 5.58. The molecule has 0 bridgehead atoms. The van der Waals surface area contributed by atoms with Gasteiger partial charge in [0.25, 0.3) is 0 Å². The molecule has 4 nitrogen and oxygen atoms in total. The normalized spacial score (nSPS) is 17.2. The highest BCUT2D eigenvalue weighted by Gasteiger charge is 2.17. The fourth-order valence-electron chi connectivity index (χ4n) is 2.55. The molecule has 0 aliphatic carbocycles. The second-order valence-electron chi connectivity index (χ2n) is 5.73.